The van der Waals surface area contributed by atoms with Crippen LogP contribution in [0.2, 0.25) is 0 Å². The molecule has 132 valence electrons. The monoisotopic (exact) mass is 377 g/mol. The first-order valence-electron chi connectivity index (χ1n) is 7.62. The smallest absolute Gasteiger partial charge is 0.227 e. The first kappa shape index (κ1) is 16.7. The minimum absolute atomic E-state index is 0.0475. The standard InChI is InChI=1S/C18H11F4N3S/c1-10-16-13(18(20,21)22)9-14(15-6-3-7-26-15)23-17(16)25(24-10)12-5-2-4-11(19)8-12/h2-9H,1H3. The lowest BCUT2D eigenvalue weighted by Gasteiger charge is -2.11. The van der Waals surface area contributed by atoms with Crippen LogP contribution in [0, 0.1) is 12.7 Å². The molecule has 8 heteroatoms. The molecule has 3 nitrogen and oxygen atoms in total. The van der Waals surface area contributed by atoms with E-state index in [0.29, 0.717) is 10.6 Å². The van der Waals surface area contributed by atoms with Gasteiger partial charge in [-0.2, -0.15) is 18.3 Å². The van der Waals surface area contributed by atoms with Crippen molar-refractivity contribution in [2.75, 3.05) is 0 Å². The molecule has 0 aliphatic rings. The molecule has 4 aromatic rings. The molecular weight excluding hydrogens is 366 g/mol. The number of thiophene rings is 1. The van der Waals surface area contributed by atoms with Gasteiger partial charge in [-0.1, -0.05) is 12.1 Å². The molecule has 0 aliphatic heterocycles. The Bertz CT molecular complexity index is 1100. The number of alkyl halides is 3. The SMILES string of the molecule is Cc1nn(-c2cccc(F)c2)c2nc(-c3cccs3)cc(C(F)(F)F)c12. The van der Waals surface area contributed by atoms with Crippen LogP contribution in [0.4, 0.5) is 17.6 Å². The highest BCUT2D eigenvalue weighted by atomic mass is 32.1. The summed E-state index contributed by atoms with van der Waals surface area (Å²) in [6.07, 6.45) is -4.56. The Hall–Kier alpha value is -2.74. The Kier molecular flexibility index (Phi) is 3.80. The van der Waals surface area contributed by atoms with E-state index in [9.17, 15) is 17.6 Å². The van der Waals surface area contributed by atoms with E-state index in [1.54, 1.807) is 23.6 Å². The number of hydrogen-bond donors (Lipinski definition) is 0. The number of aryl methyl sites for hydroxylation is 1. The van der Waals surface area contributed by atoms with Crippen molar-refractivity contribution in [1.82, 2.24) is 14.8 Å². The fraction of sp³-hybridized carbons (Fsp3) is 0.111. The van der Waals surface area contributed by atoms with Crippen molar-refractivity contribution < 1.29 is 17.6 Å². The van der Waals surface area contributed by atoms with Gasteiger partial charge >= 0.3 is 6.18 Å². The van der Waals surface area contributed by atoms with E-state index in [2.05, 4.69) is 10.1 Å². The van der Waals surface area contributed by atoms with Crippen molar-refractivity contribution in [2.24, 2.45) is 0 Å². The summed E-state index contributed by atoms with van der Waals surface area (Å²) < 4.78 is 55.9. The quantitative estimate of drug-likeness (QED) is 0.425. The van der Waals surface area contributed by atoms with Gasteiger partial charge in [0, 0.05) is 0 Å². The first-order valence-corrected chi connectivity index (χ1v) is 8.50. The molecule has 0 radical (unpaired) electrons. The maximum absolute atomic E-state index is 13.7. The maximum atomic E-state index is 13.7. The molecule has 0 atom stereocenters. The van der Waals surface area contributed by atoms with Crippen LogP contribution in [0.25, 0.3) is 27.3 Å². The van der Waals surface area contributed by atoms with Crippen LogP contribution in [0.1, 0.15) is 11.3 Å². The Labute approximate surface area is 149 Å². The van der Waals surface area contributed by atoms with Crippen LogP contribution < -0.4 is 0 Å². The molecular formula is C18H11F4N3S. The molecule has 0 unspecified atom stereocenters. The molecule has 3 aromatic heterocycles. The largest absolute Gasteiger partial charge is 0.417 e. The second-order valence-electron chi connectivity index (χ2n) is 5.71. The lowest BCUT2D eigenvalue weighted by Crippen LogP contribution is -2.07. The second-order valence-corrected chi connectivity index (χ2v) is 6.65. The van der Waals surface area contributed by atoms with Crippen LogP contribution >= 0.6 is 11.3 Å². The van der Waals surface area contributed by atoms with Crippen LogP contribution in [0.3, 0.4) is 0 Å². The fourth-order valence-corrected chi connectivity index (χ4v) is 3.54. The summed E-state index contributed by atoms with van der Waals surface area (Å²) >= 11 is 1.30. The molecule has 0 bridgehead atoms. The number of aromatic nitrogens is 3. The molecule has 4 rings (SSSR count). The highest BCUT2D eigenvalue weighted by molar-refractivity contribution is 7.13. The zero-order valence-corrected chi connectivity index (χ0v) is 14.2. The zero-order valence-electron chi connectivity index (χ0n) is 13.4. The summed E-state index contributed by atoms with van der Waals surface area (Å²) in [7, 11) is 0. The third kappa shape index (κ3) is 2.76. The van der Waals surface area contributed by atoms with Crippen LogP contribution in [0.15, 0.2) is 47.8 Å². The Morgan fingerprint density at radius 1 is 1.08 bits per heavy atom. The maximum Gasteiger partial charge on any atom is 0.417 e. The van der Waals surface area contributed by atoms with Crippen molar-refractivity contribution >= 4 is 22.4 Å². The molecule has 0 saturated heterocycles. The third-order valence-corrected chi connectivity index (χ3v) is 4.84. The van der Waals surface area contributed by atoms with Crippen LogP contribution in [-0.4, -0.2) is 14.8 Å². The van der Waals surface area contributed by atoms with Gasteiger partial charge in [0.1, 0.15) is 5.82 Å². The van der Waals surface area contributed by atoms with E-state index in [1.165, 1.54) is 41.1 Å². The normalized spacial score (nSPS) is 12.0. The summed E-state index contributed by atoms with van der Waals surface area (Å²) in [6.45, 7) is 1.49. The van der Waals surface area contributed by atoms with Crippen molar-refractivity contribution in [2.45, 2.75) is 13.1 Å². The van der Waals surface area contributed by atoms with Gasteiger partial charge in [-0.25, -0.2) is 14.1 Å². The average Bonchev–Trinajstić information content (AvgIpc) is 3.22. The summed E-state index contributed by atoms with van der Waals surface area (Å²) in [6, 6.07) is 10.00. The summed E-state index contributed by atoms with van der Waals surface area (Å²) in [5, 5.41) is 5.87. The second kappa shape index (κ2) is 5.91. The van der Waals surface area contributed by atoms with Gasteiger partial charge in [-0.3, -0.25) is 0 Å². The lowest BCUT2D eigenvalue weighted by molar-refractivity contribution is -0.136. The van der Waals surface area contributed by atoms with Gasteiger partial charge in [0.05, 0.1) is 32.9 Å². The van der Waals surface area contributed by atoms with Gasteiger partial charge in [0.25, 0.3) is 0 Å². The number of benzene rings is 1. The van der Waals surface area contributed by atoms with Gasteiger partial charge in [-0.05, 0) is 42.6 Å². The number of halogens is 4. The summed E-state index contributed by atoms with van der Waals surface area (Å²) in [5.74, 6) is -0.505. The first-order chi connectivity index (χ1) is 12.3. The van der Waals surface area contributed by atoms with Gasteiger partial charge in [0.2, 0.25) is 0 Å². The predicted molar refractivity (Wildman–Crippen MR) is 91.9 cm³/mol. The Morgan fingerprint density at radius 2 is 1.88 bits per heavy atom. The molecule has 0 saturated carbocycles. The predicted octanol–water partition coefficient (Wildman–Crippen LogP) is 5.62. The average molecular weight is 377 g/mol. The molecule has 0 spiro atoms. The molecule has 1 aromatic carbocycles. The fourth-order valence-electron chi connectivity index (χ4n) is 2.85. The number of pyridine rings is 1. The highest BCUT2D eigenvalue weighted by Crippen LogP contribution is 2.39. The molecule has 0 fully saturated rings. The number of fused-ring (bicyclic) bond motifs is 1. The van der Waals surface area contributed by atoms with E-state index >= 15 is 0 Å². The summed E-state index contributed by atoms with van der Waals surface area (Å²) in [5.41, 5.74) is -0.0522. The van der Waals surface area contributed by atoms with E-state index in [1.807, 2.05) is 0 Å². The van der Waals surface area contributed by atoms with Crippen LogP contribution in [0.5, 0.6) is 0 Å². The molecule has 3 heterocycles. The molecule has 26 heavy (non-hydrogen) atoms. The van der Waals surface area contributed by atoms with E-state index in [0.717, 1.165) is 6.07 Å². The Balaban J connectivity index is 2.08. The number of nitrogens with zero attached hydrogens (tertiary/aromatic N) is 3. The van der Waals surface area contributed by atoms with Gasteiger partial charge < -0.3 is 0 Å². The van der Waals surface area contributed by atoms with Gasteiger partial charge in [0.15, 0.2) is 5.65 Å². The molecule has 0 amide bonds. The lowest BCUT2D eigenvalue weighted by atomic mass is 10.1. The van der Waals surface area contributed by atoms with E-state index in [4.69, 9.17) is 0 Å². The van der Waals surface area contributed by atoms with Crippen molar-refractivity contribution in [1.29, 1.82) is 0 Å². The number of hydrogen-bond acceptors (Lipinski definition) is 3. The van der Waals surface area contributed by atoms with Crippen molar-refractivity contribution in [3.05, 3.63) is 64.9 Å². The topological polar surface area (TPSA) is 30.7 Å². The minimum atomic E-state index is -4.56. The third-order valence-electron chi connectivity index (χ3n) is 3.94. The molecule has 0 aliphatic carbocycles. The summed E-state index contributed by atoms with van der Waals surface area (Å²) in [4.78, 5) is 5.02. The van der Waals surface area contributed by atoms with Crippen molar-refractivity contribution in [3.8, 4) is 16.3 Å². The van der Waals surface area contributed by atoms with Crippen LogP contribution in [-0.2, 0) is 6.18 Å². The Morgan fingerprint density at radius 3 is 2.54 bits per heavy atom. The number of rotatable bonds is 2. The van der Waals surface area contributed by atoms with Gasteiger partial charge in [-0.15, -0.1) is 11.3 Å². The highest BCUT2D eigenvalue weighted by Gasteiger charge is 2.36. The molecule has 0 N–H and O–H groups in total. The van der Waals surface area contributed by atoms with Crippen molar-refractivity contribution in [3.63, 3.8) is 0 Å². The minimum Gasteiger partial charge on any atom is -0.227 e. The van der Waals surface area contributed by atoms with E-state index < -0.39 is 17.6 Å². The van der Waals surface area contributed by atoms with E-state index in [-0.39, 0.29) is 22.4 Å². The zero-order chi connectivity index (χ0) is 18.5.